The molecule has 3 aromatic rings. The molecule has 0 saturated carbocycles. The third-order valence-electron chi connectivity index (χ3n) is 7.41. The summed E-state index contributed by atoms with van der Waals surface area (Å²) in [6.45, 7) is -1.59. The van der Waals surface area contributed by atoms with Crippen LogP contribution >= 0.6 is 0 Å². The molecule has 0 amide bonds. The topological polar surface area (TPSA) is 260 Å². The average molecular weight is 595 g/mol. The van der Waals surface area contributed by atoms with E-state index in [1.54, 1.807) is 0 Å². The molecule has 0 aliphatic carbocycles. The number of aliphatic hydroxyl groups is 8. The quantitative estimate of drug-likeness (QED) is 0.142. The predicted molar refractivity (Wildman–Crippen MR) is 138 cm³/mol. The molecule has 0 spiro atoms. The van der Waals surface area contributed by atoms with Gasteiger partial charge < -0.3 is 69.7 Å². The Labute approximate surface area is 236 Å². The van der Waals surface area contributed by atoms with Crippen molar-refractivity contribution >= 4 is 11.0 Å². The van der Waals surface area contributed by atoms with Crippen molar-refractivity contribution in [3.05, 3.63) is 52.2 Å². The van der Waals surface area contributed by atoms with Crippen LogP contribution in [0.1, 0.15) is 11.7 Å². The zero-order valence-corrected chi connectivity index (χ0v) is 21.7. The second-order valence-electron chi connectivity index (χ2n) is 10.1. The summed E-state index contributed by atoms with van der Waals surface area (Å²) in [5.41, 5.74) is -1.13. The molecule has 3 heterocycles. The van der Waals surface area contributed by atoms with Crippen molar-refractivity contribution in [2.75, 3.05) is 13.2 Å². The fraction of sp³-hybridized carbons (Fsp3) is 0.444. The monoisotopic (exact) mass is 594 g/mol. The lowest BCUT2D eigenvalue weighted by Crippen LogP contribution is -2.60. The normalized spacial score (nSPS) is 33.5. The van der Waals surface area contributed by atoms with Gasteiger partial charge in [-0.05, 0) is 24.3 Å². The van der Waals surface area contributed by atoms with Gasteiger partial charge in [0.05, 0.1) is 18.8 Å². The van der Waals surface area contributed by atoms with Crippen LogP contribution in [0.5, 0.6) is 17.2 Å². The fourth-order valence-electron chi connectivity index (χ4n) is 5.07. The Morgan fingerprint density at radius 2 is 1.33 bits per heavy atom. The van der Waals surface area contributed by atoms with Gasteiger partial charge in [-0.15, -0.1) is 0 Å². The molecule has 4 unspecified atom stereocenters. The molecule has 5 rings (SSSR count). The van der Waals surface area contributed by atoms with E-state index in [0.717, 1.165) is 12.1 Å². The van der Waals surface area contributed by atoms with Gasteiger partial charge in [0.15, 0.2) is 5.43 Å². The summed E-state index contributed by atoms with van der Waals surface area (Å²) >= 11 is 0. The zero-order valence-electron chi connectivity index (χ0n) is 21.7. The Morgan fingerprint density at radius 1 is 0.738 bits per heavy atom. The van der Waals surface area contributed by atoms with Crippen molar-refractivity contribution in [2.24, 2.45) is 0 Å². The molecule has 0 radical (unpaired) electrons. The third kappa shape index (κ3) is 5.20. The van der Waals surface area contributed by atoms with Gasteiger partial charge in [-0.25, -0.2) is 0 Å². The second-order valence-corrected chi connectivity index (χ2v) is 10.1. The number of hydrogen-bond donors (Lipinski definition) is 10. The van der Waals surface area contributed by atoms with Gasteiger partial charge in [-0.1, -0.05) is 0 Å². The Kier molecular flexibility index (Phi) is 8.41. The van der Waals surface area contributed by atoms with Crippen LogP contribution < -0.4 is 10.2 Å². The van der Waals surface area contributed by atoms with Crippen molar-refractivity contribution in [3.63, 3.8) is 0 Å². The Balaban J connectivity index is 1.68. The largest absolute Gasteiger partial charge is 0.508 e. The maximum atomic E-state index is 13.2. The van der Waals surface area contributed by atoms with Gasteiger partial charge in [0.25, 0.3) is 0 Å². The first-order valence-electron chi connectivity index (χ1n) is 12.9. The number of aliphatic hydroxyl groups excluding tert-OH is 8. The van der Waals surface area contributed by atoms with Crippen molar-refractivity contribution in [1.29, 1.82) is 0 Å². The molecule has 10 atom stereocenters. The highest BCUT2D eigenvalue weighted by atomic mass is 16.7. The molecule has 2 aromatic carbocycles. The van der Waals surface area contributed by atoms with E-state index in [1.807, 2.05) is 0 Å². The highest BCUT2D eigenvalue weighted by Crippen LogP contribution is 2.46. The van der Waals surface area contributed by atoms with Crippen LogP contribution in [-0.2, 0) is 9.47 Å². The van der Waals surface area contributed by atoms with Crippen LogP contribution in [0.3, 0.4) is 0 Å². The molecule has 15 heteroatoms. The van der Waals surface area contributed by atoms with Crippen molar-refractivity contribution in [2.45, 2.75) is 61.2 Å². The van der Waals surface area contributed by atoms with Gasteiger partial charge in [-0.2, -0.15) is 0 Å². The van der Waals surface area contributed by atoms with E-state index in [9.17, 15) is 55.9 Å². The SMILES string of the molecule is O=c1cc(-c2ccc(O)cc2)oc2cc(O[C@@H]3OC(CO)[C@@H](O)[C@H](O)C3O)c([C@@H]3OC(CO)[C@@H](O)[C@H](O)C3O)c(O)c12. The molecule has 10 N–H and O–H groups in total. The van der Waals surface area contributed by atoms with E-state index in [4.69, 9.17) is 18.6 Å². The molecular formula is C27H30O15. The molecule has 228 valence electrons. The van der Waals surface area contributed by atoms with E-state index >= 15 is 0 Å². The minimum absolute atomic E-state index is 0.0197. The molecule has 42 heavy (non-hydrogen) atoms. The Hall–Kier alpha value is -3.35. The number of ether oxygens (including phenoxy) is 3. The number of hydrogen-bond acceptors (Lipinski definition) is 15. The zero-order chi connectivity index (χ0) is 30.5. The van der Waals surface area contributed by atoms with Crippen LogP contribution in [0.2, 0.25) is 0 Å². The molecule has 2 fully saturated rings. The Bertz CT molecular complexity index is 1470. The average Bonchev–Trinajstić information content (AvgIpc) is 2.97. The van der Waals surface area contributed by atoms with Gasteiger partial charge in [0.1, 0.15) is 88.9 Å². The second kappa shape index (κ2) is 11.7. The lowest BCUT2D eigenvalue weighted by Gasteiger charge is -2.42. The maximum absolute atomic E-state index is 13.2. The van der Waals surface area contributed by atoms with Crippen molar-refractivity contribution < 1.29 is 69.7 Å². The summed E-state index contributed by atoms with van der Waals surface area (Å²) in [7, 11) is 0. The molecule has 2 aliphatic heterocycles. The summed E-state index contributed by atoms with van der Waals surface area (Å²) < 4.78 is 22.6. The number of rotatable bonds is 6. The highest BCUT2D eigenvalue weighted by Gasteiger charge is 2.48. The lowest BCUT2D eigenvalue weighted by molar-refractivity contribution is -0.278. The molecule has 2 aliphatic rings. The number of phenols is 2. The summed E-state index contributed by atoms with van der Waals surface area (Å²) in [4.78, 5) is 13.2. The van der Waals surface area contributed by atoms with Gasteiger partial charge in [0, 0.05) is 17.7 Å². The van der Waals surface area contributed by atoms with E-state index in [2.05, 4.69) is 0 Å². The number of benzene rings is 2. The minimum Gasteiger partial charge on any atom is -0.508 e. The fourth-order valence-corrected chi connectivity index (χ4v) is 5.07. The summed E-state index contributed by atoms with van der Waals surface area (Å²) in [6, 6.07) is 7.78. The molecule has 1 aromatic heterocycles. The van der Waals surface area contributed by atoms with Gasteiger partial charge in [-0.3, -0.25) is 4.79 Å². The maximum Gasteiger partial charge on any atom is 0.229 e. The van der Waals surface area contributed by atoms with E-state index < -0.39 is 102 Å². The number of aromatic hydroxyl groups is 2. The van der Waals surface area contributed by atoms with Crippen molar-refractivity contribution in [3.8, 4) is 28.6 Å². The summed E-state index contributed by atoms with van der Waals surface area (Å²) in [5.74, 6) is -1.33. The first-order chi connectivity index (χ1) is 20.0. The summed E-state index contributed by atoms with van der Waals surface area (Å²) in [5, 5.41) is 102. The van der Waals surface area contributed by atoms with Crippen LogP contribution in [0, 0.1) is 0 Å². The van der Waals surface area contributed by atoms with Crippen LogP contribution in [0.25, 0.3) is 22.3 Å². The molecule has 15 nitrogen and oxygen atoms in total. The first kappa shape index (κ1) is 30.1. The van der Waals surface area contributed by atoms with Crippen LogP contribution in [0.4, 0.5) is 0 Å². The standard InChI is InChI=1S/C27H30O15/c28-7-15-19(32)22(35)24(37)26(40-15)18-14(41-27-25(38)23(36)20(33)16(8-29)42-27)6-13-17(21(18)34)11(31)5-12(39-13)9-1-3-10(30)4-2-9/h1-6,15-16,19-20,22-30,32-38H,7-8H2/t15?,16?,19-,20-,22+,23+,24?,25?,26+,27-/m1/s1. The number of phenolic OH excluding ortho intramolecular Hbond substituents is 2. The summed E-state index contributed by atoms with van der Waals surface area (Å²) in [6.07, 6.45) is -17.4. The predicted octanol–water partition coefficient (Wildman–Crippen LogP) is -2.44. The van der Waals surface area contributed by atoms with Crippen LogP contribution in [0.15, 0.2) is 45.6 Å². The van der Waals surface area contributed by atoms with E-state index in [0.29, 0.717) is 5.56 Å². The number of fused-ring (bicyclic) bond motifs is 1. The molecular weight excluding hydrogens is 564 g/mol. The van der Waals surface area contributed by atoms with E-state index in [1.165, 1.54) is 24.3 Å². The van der Waals surface area contributed by atoms with Crippen LogP contribution in [-0.4, -0.2) is 119 Å². The van der Waals surface area contributed by atoms with Gasteiger partial charge in [0.2, 0.25) is 6.29 Å². The highest BCUT2D eigenvalue weighted by molar-refractivity contribution is 5.88. The smallest absolute Gasteiger partial charge is 0.229 e. The minimum atomic E-state index is -1.94. The Morgan fingerprint density at radius 3 is 1.95 bits per heavy atom. The molecule has 0 bridgehead atoms. The third-order valence-corrected chi connectivity index (χ3v) is 7.41. The van der Waals surface area contributed by atoms with Crippen molar-refractivity contribution in [1.82, 2.24) is 0 Å². The lowest BCUT2D eigenvalue weighted by atomic mass is 9.89. The van der Waals surface area contributed by atoms with Gasteiger partial charge >= 0.3 is 0 Å². The first-order valence-corrected chi connectivity index (χ1v) is 12.9. The molecule has 2 saturated heterocycles. The van der Waals surface area contributed by atoms with E-state index in [-0.39, 0.29) is 17.1 Å².